The van der Waals surface area contributed by atoms with Crippen LogP contribution in [-0.4, -0.2) is 62.8 Å². The lowest BCUT2D eigenvalue weighted by Gasteiger charge is -2.40. The van der Waals surface area contributed by atoms with Gasteiger partial charge in [-0.1, -0.05) is 6.92 Å². The first-order valence-corrected chi connectivity index (χ1v) is 6.71. The van der Waals surface area contributed by atoms with E-state index in [0.717, 1.165) is 26.2 Å². The van der Waals surface area contributed by atoms with Gasteiger partial charge in [0.15, 0.2) is 0 Å². The Hall–Kier alpha value is -0.650. The van der Waals surface area contributed by atoms with Gasteiger partial charge in [0.25, 0.3) is 0 Å². The van der Waals surface area contributed by atoms with Crippen LogP contribution in [0.25, 0.3) is 0 Å². The maximum Gasteiger partial charge on any atom is 0.239 e. The molecular weight excluding hydrogens is 230 g/mol. The van der Waals surface area contributed by atoms with E-state index in [4.69, 9.17) is 4.74 Å². The molecule has 0 aliphatic carbocycles. The van der Waals surface area contributed by atoms with Crippen LogP contribution < -0.4 is 10.6 Å². The van der Waals surface area contributed by atoms with Crippen LogP contribution in [0, 0.1) is 5.92 Å². The summed E-state index contributed by atoms with van der Waals surface area (Å²) in [5.74, 6) is 0.449. The van der Waals surface area contributed by atoms with Crippen molar-refractivity contribution in [3.05, 3.63) is 0 Å². The van der Waals surface area contributed by atoms with Crippen LogP contribution in [-0.2, 0) is 9.53 Å². The SMILES string of the molecule is COCC(C)CNC(=O)C(C)(C)N1CCNCC1. The number of carbonyl (C=O) groups is 1. The number of hydrogen-bond acceptors (Lipinski definition) is 4. The summed E-state index contributed by atoms with van der Waals surface area (Å²) in [4.78, 5) is 14.5. The molecule has 0 saturated carbocycles. The van der Waals surface area contributed by atoms with Gasteiger partial charge in [-0.25, -0.2) is 0 Å². The molecule has 0 aromatic rings. The summed E-state index contributed by atoms with van der Waals surface area (Å²) in [7, 11) is 1.68. The van der Waals surface area contributed by atoms with Gasteiger partial charge >= 0.3 is 0 Å². The van der Waals surface area contributed by atoms with Crippen LogP contribution in [0.5, 0.6) is 0 Å². The first-order chi connectivity index (χ1) is 8.48. The third kappa shape index (κ3) is 4.23. The van der Waals surface area contributed by atoms with Gasteiger partial charge in [-0.05, 0) is 19.8 Å². The van der Waals surface area contributed by atoms with E-state index in [1.165, 1.54) is 0 Å². The van der Waals surface area contributed by atoms with Crippen molar-refractivity contribution in [2.75, 3.05) is 46.4 Å². The first-order valence-electron chi connectivity index (χ1n) is 6.71. The minimum absolute atomic E-state index is 0.104. The summed E-state index contributed by atoms with van der Waals surface area (Å²) < 4.78 is 5.07. The summed E-state index contributed by atoms with van der Waals surface area (Å²) in [6.07, 6.45) is 0. The van der Waals surface area contributed by atoms with Gasteiger partial charge in [-0.3, -0.25) is 9.69 Å². The zero-order valence-electron chi connectivity index (χ0n) is 12.1. The molecule has 1 atom stereocenters. The predicted octanol–water partition coefficient (Wildman–Crippen LogP) is 0.0689. The monoisotopic (exact) mass is 257 g/mol. The second-order valence-electron chi connectivity index (χ2n) is 5.57. The Morgan fingerprint density at radius 2 is 2.06 bits per heavy atom. The van der Waals surface area contributed by atoms with E-state index in [9.17, 15) is 4.79 Å². The van der Waals surface area contributed by atoms with Crippen molar-refractivity contribution in [2.45, 2.75) is 26.3 Å². The van der Waals surface area contributed by atoms with Crippen molar-refractivity contribution < 1.29 is 9.53 Å². The molecule has 0 bridgehead atoms. The third-order valence-corrected chi connectivity index (χ3v) is 3.53. The van der Waals surface area contributed by atoms with Gasteiger partial charge in [0, 0.05) is 39.8 Å². The Labute approximate surface area is 110 Å². The fraction of sp³-hybridized carbons (Fsp3) is 0.923. The van der Waals surface area contributed by atoms with Crippen LogP contribution in [0.2, 0.25) is 0 Å². The number of nitrogens with one attached hydrogen (secondary N) is 2. The van der Waals surface area contributed by atoms with Crippen LogP contribution in [0.15, 0.2) is 0 Å². The second-order valence-corrected chi connectivity index (χ2v) is 5.57. The van der Waals surface area contributed by atoms with E-state index in [2.05, 4.69) is 22.5 Å². The summed E-state index contributed by atoms with van der Waals surface area (Å²) in [5, 5.41) is 6.33. The molecule has 0 aromatic heterocycles. The van der Waals surface area contributed by atoms with E-state index >= 15 is 0 Å². The van der Waals surface area contributed by atoms with E-state index in [-0.39, 0.29) is 5.91 Å². The maximum absolute atomic E-state index is 12.3. The highest BCUT2D eigenvalue weighted by atomic mass is 16.5. The van der Waals surface area contributed by atoms with Gasteiger partial charge in [-0.15, -0.1) is 0 Å². The number of amides is 1. The number of methoxy groups -OCH3 is 1. The standard InChI is InChI=1S/C13H27N3O2/c1-11(10-18-4)9-15-12(17)13(2,3)16-7-5-14-6-8-16/h11,14H,5-10H2,1-4H3,(H,15,17). The van der Waals surface area contributed by atoms with E-state index in [1.807, 2.05) is 13.8 Å². The molecule has 1 amide bonds. The lowest BCUT2D eigenvalue weighted by Crippen LogP contribution is -2.60. The molecule has 1 aliphatic rings. The molecule has 0 aromatic carbocycles. The van der Waals surface area contributed by atoms with Gasteiger partial charge < -0.3 is 15.4 Å². The fourth-order valence-corrected chi connectivity index (χ4v) is 2.19. The van der Waals surface area contributed by atoms with Crippen molar-refractivity contribution in [1.29, 1.82) is 0 Å². The average molecular weight is 257 g/mol. The van der Waals surface area contributed by atoms with E-state index < -0.39 is 5.54 Å². The molecule has 1 fully saturated rings. The lowest BCUT2D eigenvalue weighted by atomic mass is 10.00. The molecule has 5 nitrogen and oxygen atoms in total. The zero-order chi connectivity index (χ0) is 13.6. The highest BCUT2D eigenvalue weighted by molar-refractivity contribution is 5.85. The molecule has 1 heterocycles. The largest absolute Gasteiger partial charge is 0.384 e. The first kappa shape index (κ1) is 15.4. The minimum atomic E-state index is -0.436. The summed E-state index contributed by atoms with van der Waals surface area (Å²) >= 11 is 0. The molecule has 0 spiro atoms. The normalized spacial score (nSPS) is 19.6. The average Bonchev–Trinajstić information content (AvgIpc) is 2.37. The minimum Gasteiger partial charge on any atom is -0.384 e. The highest BCUT2D eigenvalue weighted by Crippen LogP contribution is 2.15. The number of nitrogens with zero attached hydrogens (tertiary/aromatic N) is 1. The number of hydrogen-bond donors (Lipinski definition) is 2. The van der Waals surface area contributed by atoms with Crippen molar-refractivity contribution in [3.8, 4) is 0 Å². The van der Waals surface area contributed by atoms with Crippen LogP contribution in [0.3, 0.4) is 0 Å². The molecule has 5 heteroatoms. The molecule has 1 rings (SSSR count). The lowest BCUT2D eigenvalue weighted by molar-refractivity contribution is -0.132. The number of carbonyl (C=O) groups excluding carboxylic acids is 1. The molecule has 2 N–H and O–H groups in total. The van der Waals surface area contributed by atoms with Gasteiger partial charge in [0.05, 0.1) is 12.1 Å². The second kappa shape index (κ2) is 7.07. The van der Waals surface area contributed by atoms with Gasteiger partial charge in [0.1, 0.15) is 0 Å². The Morgan fingerprint density at radius 3 is 2.61 bits per heavy atom. The number of rotatable bonds is 6. The number of ether oxygens (including phenoxy) is 1. The number of piperazine rings is 1. The molecule has 106 valence electrons. The summed E-state index contributed by atoms with van der Waals surface area (Å²) in [6, 6.07) is 0. The molecular formula is C13H27N3O2. The van der Waals surface area contributed by atoms with Crippen LogP contribution in [0.4, 0.5) is 0 Å². The van der Waals surface area contributed by atoms with Gasteiger partial charge in [-0.2, -0.15) is 0 Å². The van der Waals surface area contributed by atoms with Crippen molar-refractivity contribution in [3.63, 3.8) is 0 Å². The topological polar surface area (TPSA) is 53.6 Å². The molecule has 18 heavy (non-hydrogen) atoms. The van der Waals surface area contributed by atoms with Crippen molar-refractivity contribution >= 4 is 5.91 Å². The Kier molecular flexibility index (Phi) is 6.05. The van der Waals surface area contributed by atoms with Crippen molar-refractivity contribution in [2.24, 2.45) is 5.92 Å². The fourth-order valence-electron chi connectivity index (χ4n) is 2.19. The Balaban J connectivity index is 2.42. The summed E-state index contributed by atoms with van der Waals surface area (Å²) in [6.45, 7) is 11.2. The van der Waals surface area contributed by atoms with Crippen LogP contribution >= 0.6 is 0 Å². The quantitative estimate of drug-likeness (QED) is 0.707. The van der Waals surface area contributed by atoms with Crippen molar-refractivity contribution in [1.82, 2.24) is 15.5 Å². The maximum atomic E-state index is 12.3. The Bertz CT molecular complexity index is 263. The molecule has 1 aliphatic heterocycles. The third-order valence-electron chi connectivity index (χ3n) is 3.53. The zero-order valence-corrected chi connectivity index (χ0v) is 12.1. The van der Waals surface area contributed by atoms with Gasteiger partial charge in [0.2, 0.25) is 5.91 Å². The molecule has 1 unspecified atom stereocenters. The molecule has 0 radical (unpaired) electrons. The van der Waals surface area contributed by atoms with E-state index in [1.54, 1.807) is 7.11 Å². The molecule has 1 saturated heterocycles. The summed E-state index contributed by atoms with van der Waals surface area (Å²) in [5.41, 5.74) is -0.436. The highest BCUT2D eigenvalue weighted by Gasteiger charge is 2.34. The Morgan fingerprint density at radius 1 is 1.44 bits per heavy atom. The van der Waals surface area contributed by atoms with Crippen LogP contribution in [0.1, 0.15) is 20.8 Å². The predicted molar refractivity (Wildman–Crippen MR) is 72.6 cm³/mol. The smallest absolute Gasteiger partial charge is 0.239 e. The van der Waals surface area contributed by atoms with E-state index in [0.29, 0.717) is 19.1 Å².